The van der Waals surface area contributed by atoms with Crippen LogP contribution in [0.1, 0.15) is 5.69 Å². The Balaban J connectivity index is 2.69. The van der Waals surface area contributed by atoms with Gasteiger partial charge < -0.3 is 9.47 Å². The molecule has 3 nitrogen and oxygen atoms in total. The maximum absolute atomic E-state index is 5.24. The minimum Gasteiger partial charge on any atom is -0.493 e. The van der Waals surface area contributed by atoms with Gasteiger partial charge in [0, 0.05) is 17.3 Å². The van der Waals surface area contributed by atoms with E-state index in [0.29, 0.717) is 0 Å². The van der Waals surface area contributed by atoms with Crippen LogP contribution in [-0.2, 0) is 0 Å². The number of methoxy groups -OCH3 is 2. The fourth-order valence-electron chi connectivity index (χ4n) is 1.58. The van der Waals surface area contributed by atoms with Gasteiger partial charge in [-0.25, -0.2) is 0 Å². The Hall–Kier alpha value is -1.77. The zero-order valence-electron chi connectivity index (χ0n) is 9.07. The highest BCUT2D eigenvalue weighted by molar-refractivity contribution is 5.85. The molecule has 0 atom stereocenters. The van der Waals surface area contributed by atoms with Crippen LogP contribution in [0.5, 0.6) is 11.5 Å². The van der Waals surface area contributed by atoms with Crippen LogP contribution < -0.4 is 9.47 Å². The summed E-state index contributed by atoms with van der Waals surface area (Å²) in [7, 11) is 3.27. The van der Waals surface area contributed by atoms with Gasteiger partial charge in [-0.3, -0.25) is 4.98 Å². The summed E-state index contributed by atoms with van der Waals surface area (Å²) < 4.78 is 10.5. The molecule has 1 heterocycles. The third-order valence-electron chi connectivity index (χ3n) is 2.36. The lowest BCUT2D eigenvalue weighted by Gasteiger charge is -2.09. The van der Waals surface area contributed by atoms with E-state index in [9.17, 15) is 0 Å². The zero-order valence-corrected chi connectivity index (χ0v) is 9.07. The number of rotatable bonds is 2. The van der Waals surface area contributed by atoms with Crippen LogP contribution in [-0.4, -0.2) is 19.2 Å². The fourth-order valence-corrected chi connectivity index (χ4v) is 1.58. The van der Waals surface area contributed by atoms with Crippen molar-refractivity contribution in [3.05, 3.63) is 30.1 Å². The molecule has 0 saturated carbocycles. The van der Waals surface area contributed by atoms with Crippen molar-refractivity contribution in [2.24, 2.45) is 0 Å². The lowest BCUT2D eigenvalue weighted by Crippen LogP contribution is -1.91. The number of hydrogen-bond donors (Lipinski definition) is 0. The van der Waals surface area contributed by atoms with Gasteiger partial charge in [0.05, 0.1) is 14.2 Å². The van der Waals surface area contributed by atoms with E-state index in [1.807, 2.05) is 31.3 Å². The first-order valence-corrected chi connectivity index (χ1v) is 4.73. The average molecular weight is 203 g/mol. The van der Waals surface area contributed by atoms with Crippen LogP contribution in [0.4, 0.5) is 0 Å². The summed E-state index contributed by atoms with van der Waals surface area (Å²) in [5, 5.41) is 2.17. The Morgan fingerprint density at radius 1 is 0.933 bits per heavy atom. The molecule has 78 valence electrons. The largest absolute Gasteiger partial charge is 0.493 e. The number of fused-ring (bicyclic) bond motifs is 1. The van der Waals surface area contributed by atoms with E-state index in [4.69, 9.17) is 9.47 Å². The summed E-state index contributed by atoms with van der Waals surface area (Å²) in [5.41, 5.74) is 0.995. The molecule has 0 aliphatic carbocycles. The molecule has 0 amide bonds. The third-order valence-corrected chi connectivity index (χ3v) is 2.36. The van der Waals surface area contributed by atoms with Crippen LogP contribution in [0.25, 0.3) is 10.8 Å². The maximum atomic E-state index is 5.24. The van der Waals surface area contributed by atoms with Gasteiger partial charge in [-0.05, 0) is 30.5 Å². The van der Waals surface area contributed by atoms with E-state index >= 15 is 0 Å². The van der Waals surface area contributed by atoms with E-state index in [1.165, 1.54) is 0 Å². The number of hydrogen-bond acceptors (Lipinski definition) is 3. The molecule has 1 aromatic heterocycles. The molecule has 0 radical (unpaired) electrons. The molecule has 0 aliphatic heterocycles. The molecule has 2 aromatic rings. The first-order valence-electron chi connectivity index (χ1n) is 4.73. The second kappa shape index (κ2) is 3.77. The smallest absolute Gasteiger partial charge is 0.161 e. The number of aromatic nitrogens is 1. The van der Waals surface area contributed by atoms with E-state index in [0.717, 1.165) is 28.0 Å². The summed E-state index contributed by atoms with van der Waals surface area (Å²) in [4.78, 5) is 4.24. The molecule has 0 N–H and O–H groups in total. The van der Waals surface area contributed by atoms with E-state index < -0.39 is 0 Å². The summed E-state index contributed by atoms with van der Waals surface area (Å²) >= 11 is 0. The van der Waals surface area contributed by atoms with Gasteiger partial charge >= 0.3 is 0 Å². The molecule has 0 spiro atoms. The maximum Gasteiger partial charge on any atom is 0.161 e. The van der Waals surface area contributed by atoms with Crippen molar-refractivity contribution in [2.45, 2.75) is 6.92 Å². The van der Waals surface area contributed by atoms with Crippen LogP contribution in [0.15, 0.2) is 24.4 Å². The third kappa shape index (κ3) is 1.73. The Kier molecular flexibility index (Phi) is 2.46. The van der Waals surface area contributed by atoms with Crippen LogP contribution in [0, 0.1) is 6.92 Å². The van der Waals surface area contributed by atoms with Gasteiger partial charge in [-0.15, -0.1) is 0 Å². The highest BCUT2D eigenvalue weighted by Crippen LogP contribution is 2.31. The quantitative estimate of drug-likeness (QED) is 0.751. The SMILES string of the molecule is COc1cc2cnc(C)cc2cc1OC. The molecule has 0 unspecified atom stereocenters. The average Bonchev–Trinajstić information content (AvgIpc) is 2.27. The fraction of sp³-hybridized carbons (Fsp3) is 0.250. The van der Waals surface area contributed by atoms with Gasteiger partial charge in [0.2, 0.25) is 0 Å². The van der Waals surface area contributed by atoms with Gasteiger partial charge in [0.25, 0.3) is 0 Å². The summed E-state index contributed by atoms with van der Waals surface area (Å²) in [6, 6.07) is 5.92. The Morgan fingerprint density at radius 2 is 1.53 bits per heavy atom. The van der Waals surface area contributed by atoms with Crippen molar-refractivity contribution in [1.82, 2.24) is 4.98 Å². The zero-order chi connectivity index (χ0) is 10.8. The Morgan fingerprint density at radius 3 is 2.13 bits per heavy atom. The Bertz CT molecular complexity index is 494. The molecule has 2 rings (SSSR count). The van der Waals surface area contributed by atoms with Gasteiger partial charge in [0.1, 0.15) is 0 Å². The lowest BCUT2D eigenvalue weighted by atomic mass is 10.1. The number of benzene rings is 1. The molecule has 0 fully saturated rings. The van der Waals surface area contributed by atoms with E-state index in [2.05, 4.69) is 4.98 Å². The molecule has 1 aromatic carbocycles. The molecule has 0 saturated heterocycles. The normalized spacial score (nSPS) is 10.3. The molecular formula is C12H13NO2. The number of ether oxygens (including phenoxy) is 2. The van der Waals surface area contributed by atoms with Crippen molar-refractivity contribution in [3.63, 3.8) is 0 Å². The summed E-state index contributed by atoms with van der Waals surface area (Å²) in [6.07, 6.45) is 1.84. The van der Waals surface area contributed by atoms with Crippen molar-refractivity contribution >= 4 is 10.8 Å². The highest BCUT2D eigenvalue weighted by Gasteiger charge is 2.05. The van der Waals surface area contributed by atoms with Crippen LogP contribution in [0.2, 0.25) is 0 Å². The molecular weight excluding hydrogens is 190 g/mol. The predicted molar refractivity (Wildman–Crippen MR) is 59.6 cm³/mol. The van der Waals surface area contributed by atoms with Crippen LogP contribution >= 0.6 is 0 Å². The summed E-state index contributed by atoms with van der Waals surface area (Å²) in [5.74, 6) is 1.48. The number of nitrogens with zero attached hydrogens (tertiary/aromatic N) is 1. The highest BCUT2D eigenvalue weighted by atomic mass is 16.5. The van der Waals surface area contributed by atoms with Crippen LogP contribution in [0.3, 0.4) is 0 Å². The monoisotopic (exact) mass is 203 g/mol. The first-order chi connectivity index (χ1) is 7.24. The van der Waals surface area contributed by atoms with Crippen molar-refractivity contribution < 1.29 is 9.47 Å². The molecule has 0 aliphatic rings. The van der Waals surface area contributed by atoms with Gasteiger partial charge in [-0.1, -0.05) is 0 Å². The van der Waals surface area contributed by atoms with E-state index in [-0.39, 0.29) is 0 Å². The standard InChI is InChI=1S/C12H13NO2/c1-8-4-9-5-11(14-2)12(15-3)6-10(9)7-13-8/h4-7H,1-3H3. The molecule has 3 heteroatoms. The van der Waals surface area contributed by atoms with Crippen molar-refractivity contribution in [3.8, 4) is 11.5 Å². The van der Waals surface area contributed by atoms with Gasteiger partial charge in [0.15, 0.2) is 11.5 Å². The first kappa shape index (κ1) is 9.77. The van der Waals surface area contributed by atoms with Crippen molar-refractivity contribution in [2.75, 3.05) is 14.2 Å². The summed E-state index contributed by atoms with van der Waals surface area (Å²) in [6.45, 7) is 1.97. The minimum atomic E-state index is 0.732. The second-order valence-electron chi connectivity index (χ2n) is 3.38. The van der Waals surface area contributed by atoms with E-state index in [1.54, 1.807) is 14.2 Å². The predicted octanol–water partition coefficient (Wildman–Crippen LogP) is 2.56. The molecule has 15 heavy (non-hydrogen) atoms. The molecule has 0 bridgehead atoms. The second-order valence-corrected chi connectivity index (χ2v) is 3.38. The topological polar surface area (TPSA) is 31.4 Å². The number of pyridine rings is 1. The van der Waals surface area contributed by atoms with Gasteiger partial charge in [-0.2, -0.15) is 0 Å². The van der Waals surface area contributed by atoms with Crippen molar-refractivity contribution in [1.29, 1.82) is 0 Å². The number of aryl methyl sites for hydroxylation is 1. The minimum absolute atomic E-state index is 0.732. The Labute approximate surface area is 88.7 Å². The lowest BCUT2D eigenvalue weighted by molar-refractivity contribution is 0.356.